The van der Waals surface area contributed by atoms with Gasteiger partial charge in [0, 0.05) is 30.9 Å². The SMILES string of the molecule is CCC(C)C(=O)N1CCCC(C(=O)Nc2nccc(C)n2)C1. The molecule has 2 atom stereocenters. The normalized spacial score (nSPS) is 19.6. The van der Waals surface area contributed by atoms with E-state index in [4.69, 9.17) is 0 Å². The van der Waals surface area contributed by atoms with E-state index in [0.29, 0.717) is 12.5 Å². The highest BCUT2D eigenvalue weighted by atomic mass is 16.2. The number of piperidine rings is 1. The molecule has 1 aliphatic rings. The Balaban J connectivity index is 1.97. The Morgan fingerprint density at radius 3 is 2.95 bits per heavy atom. The minimum absolute atomic E-state index is 0.0157. The van der Waals surface area contributed by atoms with Gasteiger partial charge in [0.15, 0.2) is 0 Å². The lowest BCUT2D eigenvalue weighted by Gasteiger charge is -2.33. The lowest BCUT2D eigenvalue weighted by Crippen LogP contribution is -2.45. The summed E-state index contributed by atoms with van der Waals surface area (Å²) in [7, 11) is 0. The second-order valence-corrected chi connectivity index (χ2v) is 5.94. The molecule has 0 spiro atoms. The van der Waals surface area contributed by atoms with E-state index in [2.05, 4.69) is 15.3 Å². The first-order chi connectivity index (χ1) is 10.5. The molecule has 0 saturated carbocycles. The Labute approximate surface area is 131 Å². The summed E-state index contributed by atoms with van der Waals surface area (Å²) in [6.07, 6.45) is 4.10. The first-order valence-corrected chi connectivity index (χ1v) is 7.90. The zero-order valence-corrected chi connectivity index (χ0v) is 13.5. The number of rotatable bonds is 4. The predicted octanol–water partition coefficient (Wildman–Crippen LogP) is 2.01. The molecule has 1 aromatic heterocycles. The van der Waals surface area contributed by atoms with Gasteiger partial charge in [-0.2, -0.15) is 0 Å². The highest BCUT2D eigenvalue weighted by Crippen LogP contribution is 2.20. The van der Waals surface area contributed by atoms with Crippen molar-refractivity contribution >= 4 is 17.8 Å². The number of hydrogen-bond donors (Lipinski definition) is 1. The Kier molecular flexibility index (Phi) is 5.46. The fourth-order valence-electron chi connectivity index (χ4n) is 2.60. The summed E-state index contributed by atoms with van der Waals surface area (Å²) in [5.41, 5.74) is 0.808. The number of hydrogen-bond acceptors (Lipinski definition) is 4. The Morgan fingerprint density at radius 2 is 2.27 bits per heavy atom. The first-order valence-electron chi connectivity index (χ1n) is 7.90. The van der Waals surface area contributed by atoms with Crippen LogP contribution in [0.3, 0.4) is 0 Å². The quantitative estimate of drug-likeness (QED) is 0.923. The van der Waals surface area contributed by atoms with Crippen molar-refractivity contribution in [3.05, 3.63) is 18.0 Å². The van der Waals surface area contributed by atoms with E-state index in [-0.39, 0.29) is 23.7 Å². The molecule has 1 fully saturated rings. The molecule has 6 nitrogen and oxygen atoms in total. The molecule has 2 unspecified atom stereocenters. The largest absolute Gasteiger partial charge is 0.342 e. The molecule has 2 rings (SSSR count). The molecule has 6 heteroatoms. The van der Waals surface area contributed by atoms with E-state index in [0.717, 1.165) is 31.5 Å². The Morgan fingerprint density at radius 1 is 1.50 bits per heavy atom. The van der Waals surface area contributed by atoms with Gasteiger partial charge in [0.2, 0.25) is 17.8 Å². The summed E-state index contributed by atoms with van der Waals surface area (Å²) in [6, 6.07) is 1.78. The number of amides is 2. The molecule has 2 amide bonds. The second-order valence-electron chi connectivity index (χ2n) is 5.94. The van der Waals surface area contributed by atoms with E-state index in [1.165, 1.54) is 0 Å². The van der Waals surface area contributed by atoms with Crippen LogP contribution < -0.4 is 5.32 Å². The molecule has 0 radical (unpaired) electrons. The monoisotopic (exact) mass is 304 g/mol. The van der Waals surface area contributed by atoms with Gasteiger partial charge in [-0.15, -0.1) is 0 Å². The summed E-state index contributed by atoms with van der Waals surface area (Å²) in [6.45, 7) is 7.03. The van der Waals surface area contributed by atoms with Gasteiger partial charge >= 0.3 is 0 Å². The summed E-state index contributed by atoms with van der Waals surface area (Å²) in [4.78, 5) is 34.7. The van der Waals surface area contributed by atoms with Crippen LogP contribution in [-0.4, -0.2) is 39.8 Å². The first kappa shape index (κ1) is 16.4. The minimum atomic E-state index is -0.189. The molecule has 22 heavy (non-hydrogen) atoms. The third-order valence-electron chi connectivity index (χ3n) is 4.17. The van der Waals surface area contributed by atoms with Gasteiger partial charge < -0.3 is 4.90 Å². The number of nitrogens with one attached hydrogen (secondary N) is 1. The minimum Gasteiger partial charge on any atom is -0.342 e. The summed E-state index contributed by atoms with van der Waals surface area (Å²) >= 11 is 0. The molecule has 1 saturated heterocycles. The average Bonchev–Trinajstić information content (AvgIpc) is 2.53. The highest BCUT2D eigenvalue weighted by molar-refractivity contribution is 5.91. The molecular weight excluding hydrogens is 280 g/mol. The fourth-order valence-corrected chi connectivity index (χ4v) is 2.60. The van der Waals surface area contributed by atoms with Gasteiger partial charge in [0.25, 0.3) is 0 Å². The number of likely N-dealkylation sites (tertiary alicyclic amines) is 1. The van der Waals surface area contributed by atoms with Crippen LogP contribution >= 0.6 is 0 Å². The van der Waals surface area contributed by atoms with Crippen molar-refractivity contribution in [2.24, 2.45) is 11.8 Å². The lowest BCUT2D eigenvalue weighted by molar-refractivity contribution is -0.138. The van der Waals surface area contributed by atoms with Gasteiger partial charge in [-0.05, 0) is 32.3 Å². The van der Waals surface area contributed by atoms with Gasteiger partial charge in [-0.1, -0.05) is 13.8 Å². The average molecular weight is 304 g/mol. The van der Waals surface area contributed by atoms with E-state index in [9.17, 15) is 9.59 Å². The van der Waals surface area contributed by atoms with Gasteiger partial charge in [-0.25, -0.2) is 9.97 Å². The van der Waals surface area contributed by atoms with Crippen LogP contribution in [0.2, 0.25) is 0 Å². The fraction of sp³-hybridized carbons (Fsp3) is 0.625. The molecular formula is C16H24N4O2. The molecule has 1 aliphatic heterocycles. The molecule has 120 valence electrons. The van der Waals surface area contributed by atoms with Crippen LogP contribution in [0.1, 0.15) is 38.8 Å². The maximum Gasteiger partial charge on any atom is 0.231 e. The van der Waals surface area contributed by atoms with Gasteiger partial charge in [0.05, 0.1) is 5.92 Å². The molecule has 2 heterocycles. The van der Waals surface area contributed by atoms with Crippen molar-refractivity contribution in [2.45, 2.75) is 40.0 Å². The summed E-state index contributed by atoms with van der Waals surface area (Å²) < 4.78 is 0. The third kappa shape index (κ3) is 4.02. The molecule has 0 bridgehead atoms. The maximum atomic E-state index is 12.4. The predicted molar refractivity (Wildman–Crippen MR) is 84.2 cm³/mol. The molecule has 1 aromatic rings. The lowest BCUT2D eigenvalue weighted by atomic mass is 9.95. The van der Waals surface area contributed by atoms with Crippen molar-refractivity contribution in [3.8, 4) is 0 Å². The summed E-state index contributed by atoms with van der Waals surface area (Å²) in [5, 5.41) is 2.76. The number of anilines is 1. The van der Waals surface area contributed by atoms with Crippen LogP contribution in [0.15, 0.2) is 12.3 Å². The number of carbonyl (C=O) groups is 2. The Bertz CT molecular complexity index is 547. The van der Waals surface area contributed by atoms with Crippen LogP contribution in [0.25, 0.3) is 0 Å². The molecule has 0 aromatic carbocycles. The zero-order valence-electron chi connectivity index (χ0n) is 13.5. The smallest absolute Gasteiger partial charge is 0.231 e. The number of carbonyl (C=O) groups excluding carboxylic acids is 2. The van der Waals surface area contributed by atoms with Crippen LogP contribution in [0.5, 0.6) is 0 Å². The highest BCUT2D eigenvalue weighted by Gasteiger charge is 2.30. The van der Waals surface area contributed by atoms with Crippen LogP contribution in [0, 0.1) is 18.8 Å². The van der Waals surface area contributed by atoms with Crippen LogP contribution in [0.4, 0.5) is 5.95 Å². The van der Waals surface area contributed by atoms with Gasteiger partial charge in [0.1, 0.15) is 0 Å². The second kappa shape index (κ2) is 7.33. The van der Waals surface area contributed by atoms with E-state index < -0.39 is 0 Å². The molecule has 0 aliphatic carbocycles. The van der Waals surface area contributed by atoms with E-state index in [1.807, 2.05) is 25.7 Å². The van der Waals surface area contributed by atoms with Gasteiger partial charge in [-0.3, -0.25) is 14.9 Å². The van der Waals surface area contributed by atoms with E-state index in [1.54, 1.807) is 12.3 Å². The zero-order chi connectivity index (χ0) is 16.1. The Hall–Kier alpha value is -1.98. The standard InChI is InChI=1S/C16H24N4O2/c1-4-11(2)15(22)20-9-5-6-13(10-20)14(21)19-16-17-8-7-12(3)18-16/h7-8,11,13H,4-6,9-10H2,1-3H3,(H,17,18,19,21). The maximum absolute atomic E-state index is 12.4. The van der Waals surface area contributed by atoms with Crippen molar-refractivity contribution in [1.82, 2.24) is 14.9 Å². The molecule has 1 N–H and O–H groups in total. The van der Waals surface area contributed by atoms with Crippen LogP contribution in [-0.2, 0) is 9.59 Å². The topological polar surface area (TPSA) is 75.2 Å². The number of aryl methyl sites for hydroxylation is 1. The number of nitrogens with zero attached hydrogens (tertiary/aromatic N) is 3. The van der Waals surface area contributed by atoms with Crippen molar-refractivity contribution in [2.75, 3.05) is 18.4 Å². The van der Waals surface area contributed by atoms with Crippen molar-refractivity contribution < 1.29 is 9.59 Å². The third-order valence-corrected chi connectivity index (χ3v) is 4.17. The van der Waals surface area contributed by atoms with E-state index >= 15 is 0 Å². The number of aromatic nitrogens is 2. The van der Waals surface area contributed by atoms with Crippen molar-refractivity contribution in [1.29, 1.82) is 0 Å². The van der Waals surface area contributed by atoms with Crippen molar-refractivity contribution in [3.63, 3.8) is 0 Å². The summed E-state index contributed by atoms with van der Waals surface area (Å²) in [5.74, 6) is 0.196.